The Morgan fingerprint density at radius 2 is 2.29 bits per heavy atom. The van der Waals surface area contributed by atoms with Gasteiger partial charge in [0.2, 0.25) is 0 Å². The standard InChI is InChI=1S/C11H14F2N4/c12-8-4-9(13)11(16-5-8)17-3-1-2-7(6-17)10(14)15/h4-5,7H,1-3,6H2,(H3,14,15). The Balaban J connectivity index is 2.19. The number of rotatable bonds is 2. The van der Waals surface area contributed by atoms with E-state index in [0.717, 1.165) is 25.1 Å². The Hall–Kier alpha value is -1.72. The Morgan fingerprint density at radius 3 is 2.94 bits per heavy atom. The predicted octanol–water partition coefficient (Wildman–Crippen LogP) is 1.51. The minimum atomic E-state index is -0.689. The van der Waals surface area contributed by atoms with E-state index in [4.69, 9.17) is 11.1 Å². The van der Waals surface area contributed by atoms with Gasteiger partial charge in [0.1, 0.15) is 5.82 Å². The van der Waals surface area contributed by atoms with E-state index in [9.17, 15) is 8.78 Å². The van der Waals surface area contributed by atoms with Crippen LogP contribution in [0.1, 0.15) is 12.8 Å². The SMILES string of the molecule is N=C(N)C1CCCN(c2ncc(F)cc2F)C1. The van der Waals surface area contributed by atoms with E-state index in [2.05, 4.69) is 4.98 Å². The number of aromatic nitrogens is 1. The molecule has 2 heterocycles. The van der Waals surface area contributed by atoms with E-state index < -0.39 is 11.6 Å². The fraction of sp³-hybridized carbons (Fsp3) is 0.455. The zero-order valence-corrected chi connectivity index (χ0v) is 9.29. The lowest BCUT2D eigenvalue weighted by Crippen LogP contribution is -2.41. The molecular formula is C11H14F2N4. The molecule has 6 heteroatoms. The molecule has 0 aromatic carbocycles. The van der Waals surface area contributed by atoms with E-state index in [0.29, 0.717) is 13.1 Å². The second kappa shape index (κ2) is 4.65. The Bertz CT molecular complexity index is 435. The Kier molecular flexibility index (Phi) is 3.21. The first kappa shape index (κ1) is 11.8. The quantitative estimate of drug-likeness (QED) is 0.608. The lowest BCUT2D eigenvalue weighted by Gasteiger charge is -2.33. The summed E-state index contributed by atoms with van der Waals surface area (Å²) in [4.78, 5) is 5.47. The first-order valence-corrected chi connectivity index (χ1v) is 5.48. The molecule has 4 nitrogen and oxygen atoms in total. The van der Waals surface area contributed by atoms with Crippen LogP contribution in [0.5, 0.6) is 0 Å². The molecule has 3 N–H and O–H groups in total. The molecule has 0 amide bonds. The largest absolute Gasteiger partial charge is 0.387 e. The molecule has 1 unspecified atom stereocenters. The number of pyridine rings is 1. The first-order chi connectivity index (χ1) is 8.08. The smallest absolute Gasteiger partial charge is 0.168 e. The second-order valence-electron chi connectivity index (χ2n) is 4.20. The zero-order valence-electron chi connectivity index (χ0n) is 9.29. The summed E-state index contributed by atoms with van der Waals surface area (Å²) in [6, 6.07) is 0.819. The van der Waals surface area contributed by atoms with Gasteiger partial charge >= 0.3 is 0 Å². The van der Waals surface area contributed by atoms with Crippen LogP contribution in [0.4, 0.5) is 14.6 Å². The molecule has 1 fully saturated rings. The molecule has 1 aliphatic heterocycles. The third kappa shape index (κ3) is 2.51. The first-order valence-electron chi connectivity index (χ1n) is 5.48. The molecule has 17 heavy (non-hydrogen) atoms. The lowest BCUT2D eigenvalue weighted by molar-refractivity contribution is 0.487. The van der Waals surface area contributed by atoms with Crippen molar-refractivity contribution < 1.29 is 8.78 Å². The zero-order chi connectivity index (χ0) is 12.4. The molecule has 0 spiro atoms. The molecule has 0 aliphatic carbocycles. The molecule has 0 radical (unpaired) electrons. The van der Waals surface area contributed by atoms with Crippen LogP contribution < -0.4 is 10.6 Å². The van der Waals surface area contributed by atoms with Crippen molar-refractivity contribution >= 4 is 11.7 Å². The van der Waals surface area contributed by atoms with Crippen molar-refractivity contribution in [3.05, 3.63) is 23.9 Å². The number of piperidine rings is 1. The minimum absolute atomic E-state index is 0.0741. The van der Waals surface area contributed by atoms with Gasteiger partial charge in [-0.3, -0.25) is 5.41 Å². The average molecular weight is 240 g/mol. The number of amidine groups is 1. The van der Waals surface area contributed by atoms with Gasteiger partial charge in [0.25, 0.3) is 0 Å². The van der Waals surface area contributed by atoms with E-state index in [-0.39, 0.29) is 17.6 Å². The normalized spacial score (nSPS) is 20.4. The highest BCUT2D eigenvalue weighted by atomic mass is 19.1. The summed E-state index contributed by atoms with van der Waals surface area (Å²) in [6.45, 7) is 1.12. The molecule has 92 valence electrons. The van der Waals surface area contributed by atoms with Crippen LogP contribution in [-0.2, 0) is 0 Å². The molecule has 1 saturated heterocycles. The molecule has 1 aliphatic rings. The van der Waals surface area contributed by atoms with Crippen LogP contribution in [0.15, 0.2) is 12.3 Å². The predicted molar refractivity (Wildman–Crippen MR) is 61.0 cm³/mol. The summed E-state index contributed by atoms with van der Waals surface area (Å²) < 4.78 is 26.3. The molecular weight excluding hydrogens is 226 g/mol. The molecule has 2 rings (SSSR count). The monoisotopic (exact) mass is 240 g/mol. The summed E-state index contributed by atoms with van der Waals surface area (Å²) in [5.74, 6) is -1.19. The van der Waals surface area contributed by atoms with E-state index in [1.807, 2.05) is 0 Å². The minimum Gasteiger partial charge on any atom is -0.387 e. The molecule has 1 aromatic heterocycles. The van der Waals surface area contributed by atoms with Gasteiger partial charge in [0, 0.05) is 25.1 Å². The Labute approximate surface area is 98.0 Å². The molecule has 1 aromatic rings. The van der Waals surface area contributed by atoms with Gasteiger partial charge in [-0.1, -0.05) is 0 Å². The number of nitrogens with two attached hydrogens (primary N) is 1. The van der Waals surface area contributed by atoms with Crippen molar-refractivity contribution in [2.24, 2.45) is 11.7 Å². The van der Waals surface area contributed by atoms with Crippen molar-refractivity contribution in [3.8, 4) is 0 Å². The van der Waals surface area contributed by atoms with Crippen LogP contribution in [0.3, 0.4) is 0 Å². The van der Waals surface area contributed by atoms with Gasteiger partial charge in [0.15, 0.2) is 11.6 Å². The summed E-state index contributed by atoms with van der Waals surface area (Å²) in [5.41, 5.74) is 5.45. The summed E-state index contributed by atoms with van der Waals surface area (Å²) >= 11 is 0. The fourth-order valence-electron chi connectivity index (χ4n) is 2.06. The summed E-state index contributed by atoms with van der Waals surface area (Å²) in [7, 11) is 0. The maximum atomic E-state index is 13.5. The highest BCUT2D eigenvalue weighted by Gasteiger charge is 2.24. The van der Waals surface area contributed by atoms with Gasteiger partial charge in [-0.2, -0.15) is 0 Å². The van der Waals surface area contributed by atoms with Gasteiger partial charge in [-0.05, 0) is 12.8 Å². The number of nitrogens with one attached hydrogen (secondary N) is 1. The molecule has 0 bridgehead atoms. The number of hydrogen-bond acceptors (Lipinski definition) is 3. The van der Waals surface area contributed by atoms with Gasteiger partial charge in [-0.25, -0.2) is 13.8 Å². The van der Waals surface area contributed by atoms with Crippen LogP contribution >= 0.6 is 0 Å². The topological polar surface area (TPSA) is 66.0 Å². The van der Waals surface area contributed by atoms with Crippen LogP contribution in [0.2, 0.25) is 0 Å². The lowest BCUT2D eigenvalue weighted by atomic mass is 9.97. The van der Waals surface area contributed by atoms with Gasteiger partial charge < -0.3 is 10.6 Å². The number of hydrogen-bond donors (Lipinski definition) is 2. The highest BCUT2D eigenvalue weighted by molar-refractivity contribution is 5.80. The Morgan fingerprint density at radius 1 is 1.53 bits per heavy atom. The van der Waals surface area contributed by atoms with Crippen LogP contribution in [0.25, 0.3) is 0 Å². The number of nitrogens with zero attached hydrogens (tertiary/aromatic N) is 2. The van der Waals surface area contributed by atoms with Crippen LogP contribution in [-0.4, -0.2) is 23.9 Å². The van der Waals surface area contributed by atoms with Gasteiger partial charge in [0.05, 0.1) is 12.0 Å². The van der Waals surface area contributed by atoms with E-state index >= 15 is 0 Å². The van der Waals surface area contributed by atoms with Crippen molar-refractivity contribution in [2.75, 3.05) is 18.0 Å². The second-order valence-corrected chi connectivity index (χ2v) is 4.20. The van der Waals surface area contributed by atoms with Crippen molar-refractivity contribution in [3.63, 3.8) is 0 Å². The average Bonchev–Trinajstić information content (AvgIpc) is 2.29. The number of halogens is 2. The van der Waals surface area contributed by atoms with Gasteiger partial charge in [-0.15, -0.1) is 0 Å². The third-order valence-corrected chi connectivity index (χ3v) is 2.95. The van der Waals surface area contributed by atoms with Crippen molar-refractivity contribution in [1.82, 2.24) is 4.98 Å². The number of anilines is 1. The summed E-state index contributed by atoms with van der Waals surface area (Å²) in [6.07, 6.45) is 2.65. The molecule has 1 atom stereocenters. The van der Waals surface area contributed by atoms with E-state index in [1.165, 1.54) is 0 Å². The van der Waals surface area contributed by atoms with Crippen molar-refractivity contribution in [1.29, 1.82) is 5.41 Å². The van der Waals surface area contributed by atoms with E-state index in [1.54, 1.807) is 4.90 Å². The fourth-order valence-corrected chi connectivity index (χ4v) is 2.06. The third-order valence-electron chi connectivity index (χ3n) is 2.95. The maximum absolute atomic E-state index is 13.5. The van der Waals surface area contributed by atoms with Crippen molar-refractivity contribution in [2.45, 2.75) is 12.8 Å². The molecule has 0 saturated carbocycles. The summed E-state index contributed by atoms with van der Waals surface area (Å²) in [5, 5.41) is 7.41. The van der Waals surface area contributed by atoms with Crippen LogP contribution in [0, 0.1) is 23.0 Å². The highest BCUT2D eigenvalue weighted by Crippen LogP contribution is 2.23. The maximum Gasteiger partial charge on any atom is 0.168 e.